The average Bonchev–Trinajstić information content (AvgIpc) is 4.02. The number of benzene rings is 8. The number of furan rings is 1. The van der Waals surface area contributed by atoms with Gasteiger partial charge in [-0.1, -0.05) is 132 Å². The maximum Gasteiger partial charge on any atom is 0 e. The molecule has 73 heavy (non-hydrogen) atoms. The Hall–Kier alpha value is -7.62. The molecular formula is C64H48F2GeIrN4O-2. The van der Waals surface area contributed by atoms with E-state index >= 15 is 0 Å². The standard InChI is InChI=1S/C48H28F2N3O.C16H20GeN.Ir/c49-38-19-12-20-39(50)45(38)41-27-26-35-44-34(31-15-6-2-7-16-31)24-25-36(46(44)54-48(35)52-41)47-51-40-21-10-11-22-43(40)53(47)42-28-23-33(30-13-4-1-5-14-30)29-37(42)32-17-8-3-9-18-32;1-12-6-8-14(9-7-12)16-10-13(2)15(11-18-16)17(3,4)5;/h1-24,26-29H;6-8,10-11H,1-5H3;/q2*-1;/i;1D3,2D3;. The molecule has 12 aromatic rings. The van der Waals surface area contributed by atoms with Crippen molar-refractivity contribution in [2.24, 2.45) is 0 Å². The molecule has 0 aliphatic carbocycles. The van der Waals surface area contributed by atoms with Gasteiger partial charge in [-0.15, -0.1) is 12.1 Å². The number of pyridine rings is 2. The van der Waals surface area contributed by atoms with Crippen molar-refractivity contribution in [2.75, 3.05) is 0 Å². The summed E-state index contributed by atoms with van der Waals surface area (Å²) in [6.45, 7) is -4.39. The van der Waals surface area contributed by atoms with Crippen LogP contribution in [0.2, 0.25) is 17.3 Å². The maximum atomic E-state index is 15.0. The zero-order valence-corrected chi connectivity index (χ0v) is 44.3. The number of nitrogens with zero attached hydrogens (tertiary/aromatic N) is 4. The Labute approximate surface area is 448 Å². The molecular weight excluding hydrogens is 1140 g/mol. The second-order valence-corrected chi connectivity index (χ2v) is 29.0. The van der Waals surface area contributed by atoms with E-state index in [9.17, 15) is 8.78 Å². The fourth-order valence-electron chi connectivity index (χ4n) is 9.21. The van der Waals surface area contributed by atoms with E-state index in [1.165, 1.54) is 30.3 Å². The van der Waals surface area contributed by atoms with Gasteiger partial charge in [-0.2, -0.15) is 0 Å². The van der Waals surface area contributed by atoms with Crippen LogP contribution in [0.5, 0.6) is 0 Å². The van der Waals surface area contributed by atoms with Gasteiger partial charge >= 0.3 is 121 Å². The van der Waals surface area contributed by atoms with E-state index in [0.717, 1.165) is 59.9 Å². The van der Waals surface area contributed by atoms with Crippen molar-refractivity contribution in [1.29, 1.82) is 0 Å². The molecule has 0 aliphatic heterocycles. The van der Waals surface area contributed by atoms with Crippen molar-refractivity contribution in [3.05, 3.63) is 235 Å². The van der Waals surface area contributed by atoms with E-state index in [-0.39, 0.29) is 42.6 Å². The van der Waals surface area contributed by atoms with Gasteiger partial charge < -0.3 is 8.98 Å². The predicted molar refractivity (Wildman–Crippen MR) is 293 cm³/mol. The molecule has 0 aliphatic rings. The summed E-state index contributed by atoms with van der Waals surface area (Å²) in [5.74, 6) is 5.62. The third-order valence-corrected chi connectivity index (χ3v) is 17.0. The molecule has 359 valence electrons. The van der Waals surface area contributed by atoms with Crippen LogP contribution in [0.15, 0.2) is 205 Å². The first kappa shape index (κ1) is 41.9. The SMILES string of the molecule is Fc1cccc(F)c1-c1ccc2c(n1)oc1c(-c3nc4ccccc4n3-c3ccc(-c4ccccc4)cc3-c3ccccc3)[c-]cc(-c3ccccc3)c12.[2H]C([2H])([2H])c1c[c-]c(-c2cc(C([2H])([2H])[2H])[c]([Ge]([CH3])([CH3])[CH3])cn2)cc1.[Ir]. The normalized spacial score (nSPS) is 12.9. The van der Waals surface area contributed by atoms with E-state index in [1.807, 2.05) is 97.1 Å². The molecule has 0 unspecified atom stereocenters. The van der Waals surface area contributed by atoms with E-state index in [4.69, 9.17) is 22.6 Å². The summed E-state index contributed by atoms with van der Waals surface area (Å²) in [6, 6.07) is 67.1. The summed E-state index contributed by atoms with van der Waals surface area (Å²) in [6.07, 6.45) is 1.67. The van der Waals surface area contributed by atoms with Crippen molar-refractivity contribution in [2.45, 2.75) is 31.0 Å². The number of hydrogen-bond acceptors (Lipinski definition) is 4. The van der Waals surface area contributed by atoms with Crippen LogP contribution in [-0.2, 0) is 20.1 Å². The molecule has 4 aromatic heterocycles. The molecule has 0 saturated heterocycles. The van der Waals surface area contributed by atoms with Crippen LogP contribution in [-0.4, -0.2) is 32.8 Å². The topological polar surface area (TPSA) is 56.7 Å². The first-order valence-corrected chi connectivity index (χ1v) is 30.8. The number of hydrogen-bond donors (Lipinski definition) is 0. The van der Waals surface area contributed by atoms with Gasteiger partial charge in [0, 0.05) is 36.7 Å². The summed E-state index contributed by atoms with van der Waals surface area (Å²) < 4.78 is 85.3. The van der Waals surface area contributed by atoms with Crippen molar-refractivity contribution in [3.8, 4) is 73.0 Å². The molecule has 8 aromatic carbocycles. The first-order valence-electron chi connectivity index (χ1n) is 26.5. The van der Waals surface area contributed by atoms with E-state index in [0.29, 0.717) is 39.2 Å². The number of rotatable bonds is 8. The van der Waals surface area contributed by atoms with E-state index in [2.05, 4.69) is 87.5 Å². The number of para-hydroxylation sites is 2. The minimum absolute atomic E-state index is 0. The molecule has 9 heteroatoms. The largest absolute Gasteiger partial charge is 0 e. The van der Waals surface area contributed by atoms with Crippen molar-refractivity contribution < 1.29 is 41.5 Å². The Morgan fingerprint density at radius 2 is 1.29 bits per heavy atom. The van der Waals surface area contributed by atoms with Crippen LogP contribution >= 0.6 is 0 Å². The third kappa shape index (κ3) is 9.62. The quantitative estimate of drug-likeness (QED) is 0.112. The Bertz CT molecular complexity index is 4160. The summed E-state index contributed by atoms with van der Waals surface area (Å²) in [5, 5.41) is 1.51. The van der Waals surface area contributed by atoms with Gasteiger partial charge in [0.25, 0.3) is 0 Å². The summed E-state index contributed by atoms with van der Waals surface area (Å²) in [4.78, 5) is 14.3. The Morgan fingerprint density at radius 3 is 1.96 bits per heavy atom. The van der Waals surface area contributed by atoms with Gasteiger partial charge in [0.05, 0.1) is 33.7 Å². The number of halogens is 2. The number of fused-ring (bicyclic) bond motifs is 4. The van der Waals surface area contributed by atoms with Crippen molar-refractivity contribution in [3.63, 3.8) is 0 Å². The minimum Gasteiger partial charge on any atom is 0 e. The van der Waals surface area contributed by atoms with Crippen LogP contribution in [0.3, 0.4) is 0 Å². The van der Waals surface area contributed by atoms with Crippen molar-refractivity contribution >= 4 is 50.8 Å². The Kier molecular flexibility index (Phi) is 11.8. The number of aryl methyl sites for hydroxylation is 2. The summed E-state index contributed by atoms with van der Waals surface area (Å²) >= 11 is -2.38. The van der Waals surface area contributed by atoms with Gasteiger partial charge in [0.1, 0.15) is 11.6 Å². The van der Waals surface area contributed by atoms with Crippen LogP contribution in [0.25, 0.3) is 106 Å². The molecule has 0 fully saturated rings. The predicted octanol–water partition coefficient (Wildman–Crippen LogP) is 16.4. The van der Waals surface area contributed by atoms with Gasteiger partial charge in [-0.05, 0) is 70.6 Å². The maximum absolute atomic E-state index is 15.0. The molecule has 5 nitrogen and oxygen atoms in total. The van der Waals surface area contributed by atoms with Gasteiger partial charge in [0.15, 0.2) is 0 Å². The Morgan fingerprint density at radius 1 is 0.603 bits per heavy atom. The molecule has 1 radical (unpaired) electrons. The zero-order chi connectivity index (χ0) is 54.5. The third-order valence-electron chi connectivity index (χ3n) is 12.7. The van der Waals surface area contributed by atoms with Gasteiger partial charge in [-0.25, -0.2) is 13.8 Å². The fraction of sp³-hybridized carbons (Fsp3) is 0.0781. The molecule has 4 heterocycles. The van der Waals surface area contributed by atoms with Gasteiger partial charge in [-0.3, -0.25) is 4.98 Å². The molecule has 0 spiro atoms. The van der Waals surface area contributed by atoms with Crippen LogP contribution < -0.4 is 4.40 Å². The summed E-state index contributed by atoms with van der Waals surface area (Å²) in [7, 11) is 0. The molecule has 0 amide bonds. The van der Waals surface area contributed by atoms with E-state index < -0.39 is 38.6 Å². The van der Waals surface area contributed by atoms with E-state index in [1.54, 1.807) is 24.4 Å². The smallest absolute Gasteiger partial charge is 0 e. The molecule has 0 N–H and O–H groups in total. The number of aromatic nitrogens is 4. The molecule has 0 bridgehead atoms. The minimum atomic E-state index is -2.38. The number of imidazole rings is 1. The van der Waals surface area contributed by atoms with Crippen LogP contribution in [0.1, 0.15) is 19.4 Å². The fourth-order valence-corrected chi connectivity index (χ4v) is 12.0. The van der Waals surface area contributed by atoms with Crippen LogP contribution in [0, 0.1) is 37.5 Å². The second kappa shape index (κ2) is 20.5. The van der Waals surface area contributed by atoms with Crippen LogP contribution in [0.4, 0.5) is 8.78 Å². The molecule has 12 rings (SSSR count). The molecule has 0 atom stereocenters. The summed E-state index contributed by atoms with van der Waals surface area (Å²) in [5.41, 5.74) is 11.8. The average molecular weight is 1200 g/mol. The first-order chi connectivity index (χ1) is 37.4. The zero-order valence-electron chi connectivity index (χ0n) is 45.8. The second-order valence-electron chi connectivity index (χ2n) is 18.5. The molecule has 0 saturated carbocycles. The monoisotopic (exact) mass is 1200 g/mol. The van der Waals surface area contributed by atoms with Gasteiger partial charge in [0.2, 0.25) is 5.71 Å². The van der Waals surface area contributed by atoms with Crippen molar-refractivity contribution in [1.82, 2.24) is 19.5 Å². The Balaban J connectivity index is 0.000000238.